The molecule has 1 aromatic rings. The molecular formula is C20H29N2O5S-. The van der Waals surface area contributed by atoms with Gasteiger partial charge < -0.3 is 15.2 Å². The number of hydrogen-bond acceptors (Lipinski definition) is 5. The Bertz CT molecular complexity index is 766. The summed E-state index contributed by atoms with van der Waals surface area (Å²) in [5, 5.41) is 13.5. The van der Waals surface area contributed by atoms with Crippen LogP contribution >= 0.6 is 0 Å². The van der Waals surface area contributed by atoms with Gasteiger partial charge in [0.2, 0.25) is 15.9 Å². The van der Waals surface area contributed by atoms with Gasteiger partial charge in [-0.2, -0.15) is 4.31 Å². The second-order valence-electron chi connectivity index (χ2n) is 7.57. The maximum Gasteiger partial charge on any atom is 0.243 e. The van der Waals surface area contributed by atoms with Crippen LogP contribution in [-0.2, 0) is 26.0 Å². The number of aliphatic carboxylic acids is 1. The predicted molar refractivity (Wildman–Crippen MR) is 104 cm³/mol. The lowest BCUT2D eigenvalue weighted by atomic mass is 10.0. The van der Waals surface area contributed by atoms with Crippen LogP contribution in [0.25, 0.3) is 0 Å². The van der Waals surface area contributed by atoms with Gasteiger partial charge in [-0.1, -0.05) is 38.8 Å². The first kappa shape index (κ1) is 22.4. The van der Waals surface area contributed by atoms with Gasteiger partial charge in [0.05, 0.1) is 16.9 Å². The first-order valence-electron chi connectivity index (χ1n) is 9.81. The Morgan fingerprint density at radius 2 is 1.64 bits per heavy atom. The molecule has 0 radical (unpaired) electrons. The fraction of sp³-hybridized carbons (Fsp3) is 0.600. The predicted octanol–water partition coefficient (Wildman–Crippen LogP) is 1.07. The van der Waals surface area contributed by atoms with E-state index in [0.717, 1.165) is 31.2 Å². The van der Waals surface area contributed by atoms with Crippen LogP contribution in [0.15, 0.2) is 29.2 Å². The molecule has 0 spiro atoms. The van der Waals surface area contributed by atoms with Crippen LogP contribution in [0.1, 0.15) is 51.5 Å². The number of nitrogens with zero attached hydrogens (tertiary/aromatic N) is 1. The average Bonchev–Trinajstić information content (AvgIpc) is 2.94. The molecule has 1 aliphatic heterocycles. The molecule has 2 rings (SSSR count). The summed E-state index contributed by atoms with van der Waals surface area (Å²) in [4.78, 5) is 23.3. The van der Waals surface area contributed by atoms with Gasteiger partial charge in [-0.15, -0.1) is 0 Å². The Hall–Kier alpha value is -1.93. The second kappa shape index (κ2) is 10.0. The van der Waals surface area contributed by atoms with Crippen molar-refractivity contribution in [2.45, 2.75) is 63.3 Å². The number of amides is 1. The number of carboxylic acids is 1. The molecule has 1 N–H and O–H groups in total. The maximum absolute atomic E-state index is 12.8. The Morgan fingerprint density at radius 3 is 2.14 bits per heavy atom. The summed E-state index contributed by atoms with van der Waals surface area (Å²) in [5.41, 5.74) is 0.819. The molecule has 0 aliphatic carbocycles. The zero-order valence-electron chi connectivity index (χ0n) is 16.5. The van der Waals surface area contributed by atoms with Crippen molar-refractivity contribution in [3.05, 3.63) is 29.8 Å². The third-order valence-electron chi connectivity index (χ3n) is 5.00. The molecule has 1 amide bonds. The fourth-order valence-electron chi connectivity index (χ4n) is 3.26. The summed E-state index contributed by atoms with van der Waals surface area (Å²) in [7, 11) is -3.49. The highest BCUT2D eigenvalue weighted by Gasteiger charge is 2.25. The molecule has 1 aliphatic rings. The number of benzene rings is 1. The number of aryl methyl sites for hydroxylation is 1. The van der Waals surface area contributed by atoms with Crippen LogP contribution < -0.4 is 10.4 Å². The Balaban J connectivity index is 1.95. The Labute approximate surface area is 167 Å². The van der Waals surface area contributed by atoms with Gasteiger partial charge in [0.15, 0.2) is 0 Å². The fourth-order valence-corrected chi connectivity index (χ4v) is 4.78. The minimum absolute atomic E-state index is 0.120. The monoisotopic (exact) mass is 409 g/mol. The summed E-state index contributed by atoms with van der Waals surface area (Å²) in [6.45, 7) is 4.51. The molecule has 28 heavy (non-hydrogen) atoms. The summed E-state index contributed by atoms with van der Waals surface area (Å²) in [6, 6.07) is 5.54. The maximum atomic E-state index is 12.8. The smallest absolute Gasteiger partial charge is 0.243 e. The van der Waals surface area contributed by atoms with Crippen molar-refractivity contribution in [2.75, 3.05) is 13.1 Å². The minimum Gasteiger partial charge on any atom is -0.548 e. The molecule has 1 atom stereocenters. The van der Waals surface area contributed by atoms with Crippen LogP contribution in [0, 0.1) is 5.92 Å². The SMILES string of the molecule is CC(C)[C@@H](NC(=O)CCc1ccc(S(=O)(=O)N2CCCCCC2)cc1)C(=O)[O-]. The number of carbonyl (C=O) groups excluding carboxylic acids is 2. The molecule has 1 fully saturated rings. The highest BCUT2D eigenvalue weighted by molar-refractivity contribution is 7.89. The van der Waals surface area contributed by atoms with Gasteiger partial charge in [-0.3, -0.25) is 4.79 Å². The quantitative estimate of drug-likeness (QED) is 0.691. The summed E-state index contributed by atoms with van der Waals surface area (Å²) < 4.78 is 27.1. The van der Waals surface area contributed by atoms with Crippen molar-refractivity contribution in [2.24, 2.45) is 5.92 Å². The molecule has 7 nitrogen and oxygen atoms in total. The third-order valence-corrected chi connectivity index (χ3v) is 6.92. The highest BCUT2D eigenvalue weighted by Crippen LogP contribution is 2.21. The van der Waals surface area contributed by atoms with Crippen molar-refractivity contribution in [1.82, 2.24) is 9.62 Å². The molecular weight excluding hydrogens is 380 g/mol. The van der Waals surface area contributed by atoms with E-state index in [4.69, 9.17) is 0 Å². The lowest BCUT2D eigenvalue weighted by molar-refractivity contribution is -0.309. The van der Waals surface area contributed by atoms with Crippen LogP contribution in [0.5, 0.6) is 0 Å². The standard InChI is InChI=1S/C20H30N2O5S/c1-15(2)19(20(24)25)21-18(23)12-9-16-7-10-17(11-8-16)28(26,27)22-13-5-3-4-6-14-22/h7-8,10-11,15,19H,3-6,9,12-14H2,1-2H3,(H,21,23)(H,24,25)/p-1/t19-/m1/s1. The first-order valence-corrected chi connectivity index (χ1v) is 11.2. The number of nitrogens with one attached hydrogen (secondary N) is 1. The number of sulfonamides is 1. The summed E-state index contributed by atoms with van der Waals surface area (Å²) >= 11 is 0. The van der Waals surface area contributed by atoms with E-state index in [1.807, 2.05) is 0 Å². The molecule has 156 valence electrons. The zero-order valence-corrected chi connectivity index (χ0v) is 17.3. The molecule has 0 aromatic heterocycles. The topological polar surface area (TPSA) is 107 Å². The van der Waals surface area contributed by atoms with E-state index in [-0.39, 0.29) is 23.1 Å². The van der Waals surface area contributed by atoms with E-state index in [1.165, 1.54) is 0 Å². The second-order valence-corrected chi connectivity index (χ2v) is 9.51. The lowest BCUT2D eigenvalue weighted by Gasteiger charge is -2.23. The Kier molecular flexibility index (Phi) is 8.00. The van der Waals surface area contributed by atoms with Crippen molar-refractivity contribution < 1.29 is 23.1 Å². The van der Waals surface area contributed by atoms with E-state index >= 15 is 0 Å². The molecule has 8 heteroatoms. The molecule has 0 unspecified atom stereocenters. The molecule has 0 bridgehead atoms. The summed E-state index contributed by atoms with van der Waals surface area (Å²) in [6.07, 6.45) is 4.40. The van der Waals surface area contributed by atoms with E-state index < -0.39 is 22.0 Å². The lowest BCUT2D eigenvalue weighted by Crippen LogP contribution is -2.50. The molecule has 1 heterocycles. The number of hydrogen-bond donors (Lipinski definition) is 1. The van der Waals surface area contributed by atoms with Crippen molar-refractivity contribution >= 4 is 21.9 Å². The van der Waals surface area contributed by atoms with Gasteiger partial charge in [-0.05, 0) is 42.9 Å². The largest absolute Gasteiger partial charge is 0.548 e. The molecule has 1 aromatic carbocycles. The van der Waals surface area contributed by atoms with Crippen LogP contribution in [0.2, 0.25) is 0 Å². The minimum atomic E-state index is -3.49. The number of carboxylic acid groups (broad SMARTS) is 1. The molecule has 0 saturated carbocycles. The van der Waals surface area contributed by atoms with Gasteiger partial charge in [0.1, 0.15) is 0 Å². The zero-order chi connectivity index (χ0) is 20.7. The van der Waals surface area contributed by atoms with E-state index in [2.05, 4.69) is 5.32 Å². The third kappa shape index (κ3) is 6.04. The van der Waals surface area contributed by atoms with E-state index in [9.17, 15) is 23.1 Å². The van der Waals surface area contributed by atoms with Crippen LogP contribution in [0.4, 0.5) is 0 Å². The number of rotatable bonds is 8. The van der Waals surface area contributed by atoms with Crippen LogP contribution in [0.3, 0.4) is 0 Å². The van der Waals surface area contributed by atoms with E-state index in [1.54, 1.807) is 42.4 Å². The van der Waals surface area contributed by atoms with Gasteiger partial charge in [0, 0.05) is 19.5 Å². The summed E-state index contributed by atoms with van der Waals surface area (Å²) in [5.74, 6) is -1.94. The first-order chi connectivity index (χ1) is 13.2. The number of carbonyl (C=O) groups is 2. The van der Waals surface area contributed by atoms with Gasteiger partial charge in [0.25, 0.3) is 0 Å². The van der Waals surface area contributed by atoms with Gasteiger partial charge >= 0.3 is 0 Å². The molecule has 1 saturated heterocycles. The normalized spacial score (nSPS) is 17.1. The van der Waals surface area contributed by atoms with Crippen molar-refractivity contribution in [3.8, 4) is 0 Å². The Morgan fingerprint density at radius 1 is 1.07 bits per heavy atom. The average molecular weight is 410 g/mol. The van der Waals surface area contributed by atoms with Crippen molar-refractivity contribution in [1.29, 1.82) is 0 Å². The van der Waals surface area contributed by atoms with E-state index in [0.29, 0.717) is 19.5 Å². The van der Waals surface area contributed by atoms with Crippen LogP contribution in [-0.4, -0.2) is 43.7 Å². The highest BCUT2D eigenvalue weighted by atomic mass is 32.2. The van der Waals surface area contributed by atoms with Gasteiger partial charge in [-0.25, -0.2) is 8.42 Å². The van der Waals surface area contributed by atoms with Crippen molar-refractivity contribution in [3.63, 3.8) is 0 Å².